The number of fused-ring (bicyclic) bond motifs is 4. The molecular weight excluding hydrogens is 534 g/mol. The van der Waals surface area contributed by atoms with Crippen molar-refractivity contribution in [1.29, 1.82) is 0 Å². The molecule has 0 unspecified atom stereocenters. The van der Waals surface area contributed by atoms with Crippen molar-refractivity contribution in [3.05, 3.63) is 69.8 Å². The number of likely N-dealkylation sites (tertiary alicyclic amines) is 2. The summed E-state index contributed by atoms with van der Waals surface area (Å²) in [6.45, 7) is 5.61. The van der Waals surface area contributed by atoms with Gasteiger partial charge in [-0.05, 0) is 78.6 Å². The van der Waals surface area contributed by atoms with E-state index in [2.05, 4.69) is 16.7 Å². The highest BCUT2D eigenvalue weighted by Crippen LogP contribution is 2.48. The van der Waals surface area contributed by atoms with E-state index in [0.29, 0.717) is 76.2 Å². The smallest absolute Gasteiger partial charge is 0.365 e. The van der Waals surface area contributed by atoms with E-state index in [1.807, 2.05) is 0 Å². The number of nitrogens with zero attached hydrogens (tertiary/aromatic N) is 2. The van der Waals surface area contributed by atoms with Crippen molar-refractivity contribution in [3.8, 4) is 0 Å². The van der Waals surface area contributed by atoms with Crippen LogP contribution in [-0.2, 0) is 46.2 Å². The number of halogens is 6. The maximum absolute atomic E-state index is 13.4. The molecule has 2 aromatic rings. The third-order valence-corrected chi connectivity index (χ3v) is 9.47. The van der Waals surface area contributed by atoms with Crippen molar-refractivity contribution in [1.82, 2.24) is 9.80 Å². The first-order chi connectivity index (χ1) is 18.9. The molecule has 4 aliphatic heterocycles. The lowest BCUT2D eigenvalue weighted by Crippen LogP contribution is -2.56. The molecule has 2 aromatic carbocycles. The largest absolute Gasteiger partial charge is 0.416 e. The van der Waals surface area contributed by atoms with Crippen LogP contribution in [0.4, 0.5) is 26.3 Å². The average molecular weight is 569 g/mol. The van der Waals surface area contributed by atoms with Crippen molar-refractivity contribution < 1.29 is 35.8 Å². The summed E-state index contributed by atoms with van der Waals surface area (Å²) < 4.78 is 92.9. The van der Waals surface area contributed by atoms with E-state index in [1.165, 1.54) is 12.1 Å². The first kappa shape index (κ1) is 28.0. The molecule has 6 rings (SSSR count). The fraction of sp³-hybridized carbons (Fsp3) is 0.600. The maximum atomic E-state index is 13.4. The molecule has 2 spiro atoms. The lowest BCUT2D eigenvalue weighted by atomic mass is 9.81. The van der Waals surface area contributed by atoms with Crippen LogP contribution in [0.1, 0.15) is 78.8 Å². The van der Waals surface area contributed by atoms with Crippen molar-refractivity contribution >= 4 is 0 Å². The van der Waals surface area contributed by atoms with Crippen LogP contribution in [0.15, 0.2) is 36.4 Å². The van der Waals surface area contributed by atoms with E-state index in [9.17, 15) is 26.3 Å². The lowest BCUT2D eigenvalue weighted by Gasteiger charge is -2.49. The summed E-state index contributed by atoms with van der Waals surface area (Å²) in [6, 6.07) is 7.90. The Morgan fingerprint density at radius 1 is 0.700 bits per heavy atom. The van der Waals surface area contributed by atoms with E-state index < -0.39 is 34.7 Å². The van der Waals surface area contributed by atoms with Gasteiger partial charge in [-0.15, -0.1) is 0 Å². The zero-order valence-corrected chi connectivity index (χ0v) is 22.5. The van der Waals surface area contributed by atoms with Gasteiger partial charge in [-0.1, -0.05) is 25.5 Å². The molecule has 4 heterocycles. The number of piperidine rings is 2. The first-order valence-corrected chi connectivity index (χ1v) is 14.1. The summed E-state index contributed by atoms with van der Waals surface area (Å²) in [5, 5.41) is 0. The molecule has 4 nitrogen and oxygen atoms in total. The fourth-order valence-corrected chi connectivity index (χ4v) is 7.24. The summed E-state index contributed by atoms with van der Waals surface area (Å²) in [5.74, 6) is 0. The number of rotatable bonds is 4. The van der Waals surface area contributed by atoms with Gasteiger partial charge in [-0.25, -0.2) is 0 Å². The van der Waals surface area contributed by atoms with Crippen molar-refractivity contribution in [2.24, 2.45) is 0 Å². The predicted molar refractivity (Wildman–Crippen MR) is 136 cm³/mol. The zero-order valence-electron chi connectivity index (χ0n) is 22.5. The molecule has 40 heavy (non-hydrogen) atoms. The molecule has 0 amide bonds. The van der Waals surface area contributed by atoms with E-state index in [0.717, 1.165) is 36.1 Å². The standard InChI is InChI=1S/C30H34F6N2O2/c1-2-3-26(37-12-8-27(9-13-37)24-16-22(29(31,32)33)6-4-20(24)18-39-27)38-14-10-28(11-15-38)25-17-23(30(34,35)36)7-5-21(25)19-40-28/h4-7,16-17,26H,2-3,8-15,18-19H2,1H3. The Balaban J connectivity index is 1.15. The predicted octanol–water partition coefficient (Wildman–Crippen LogP) is 7.19. The summed E-state index contributed by atoms with van der Waals surface area (Å²) in [7, 11) is 0. The van der Waals surface area contributed by atoms with Gasteiger partial charge in [0.05, 0.1) is 41.7 Å². The first-order valence-electron chi connectivity index (χ1n) is 14.1. The van der Waals surface area contributed by atoms with Gasteiger partial charge < -0.3 is 9.47 Å². The van der Waals surface area contributed by atoms with E-state index in [4.69, 9.17) is 9.47 Å². The van der Waals surface area contributed by atoms with Crippen LogP contribution in [0.5, 0.6) is 0 Å². The van der Waals surface area contributed by atoms with Crippen LogP contribution in [-0.4, -0.2) is 42.1 Å². The van der Waals surface area contributed by atoms with Crippen LogP contribution >= 0.6 is 0 Å². The minimum Gasteiger partial charge on any atom is -0.365 e. The Labute approximate surface area is 230 Å². The molecule has 0 N–H and O–H groups in total. The van der Waals surface area contributed by atoms with E-state index in [1.54, 1.807) is 12.1 Å². The van der Waals surface area contributed by atoms with Crippen LogP contribution in [0.3, 0.4) is 0 Å². The van der Waals surface area contributed by atoms with Gasteiger partial charge in [0, 0.05) is 26.2 Å². The summed E-state index contributed by atoms with van der Waals surface area (Å²) in [6.07, 6.45) is -4.24. The van der Waals surface area contributed by atoms with E-state index in [-0.39, 0.29) is 6.17 Å². The van der Waals surface area contributed by atoms with Crippen LogP contribution in [0, 0.1) is 0 Å². The highest BCUT2D eigenvalue weighted by molar-refractivity contribution is 5.41. The van der Waals surface area contributed by atoms with Crippen LogP contribution in [0.25, 0.3) is 0 Å². The molecule has 0 bridgehead atoms. The molecule has 218 valence electrons. The van der Waals surface area contributed by atoms with Gasteiger partial charge in [0.1, 0.15) is 0 Å². The summed E-state index contributed by atoms with van der Waals surface area (Å²) >= 11 is 0. The van der Waals surface area contributed by atoms with Gasteiger partial charge in [-0.3, -0.25) is 9.80 Å². The number of hydrogen-bond acceptors (Lipinski definition) is 4. The molecule has 2 fully saturated rings. The second-order valence-corrected chi connectivity index (χ2v) is 11.6. The molecule has 2 saturated heterocycles. The SMILES string of the molecule is CCCC(N1CCC2(CC1)OCc1ccc(C(F)(F)F)cc12)N1CCC2(CC1)OCc1ccc(C(F)(F)F)cc12. The summed E-state index contributed by atoms with van der Waals surface area (Å²) in [4.78, 5) is 4.82. The molecule has 0 saturated carbocycles. The Hall–Kier alpha value is -2.14. The number of ether oxygens (including phenoxy) is 2. The van der Waals surface area contributed by atoms with Crippen LogP contribution in [0.2, 0.25) is 0 Å². The monoisotopic (exact) mass is 568 g/mol. The van der Waals surface area contributed by atoms with Gasteiger partial charge in [-0.2, -0.15) is 26.3 Å². The molecule has 0 aliphatic carbocycles. The molecule has 0 atom stereocenters. The van der Waals surface area contributed by atoms with E-state index >= 15 is 0 Å². The Bertz CT molecular complexity index is 1150. The van der Waals surface area contributed by atoms with Crippen molar-refractivity contribution in [3.63, 3.8) is 0 Å². The Morgan fingerprint density at radius 2 is 1.10 bits per heavy atom. The minimum atomic E-state index is -4.39. The second kappa shape index (κ2) is 10.00. The van der Waals surface area contributed by atoms with Gasteiger partial charge in [0.15, 0.2) is 0 Å². The highest BCUT2D eigenvalue weighted by Gasteiger charge is 2.48. The van der Waals surface area contributed by atoms with Gasteiger partial charge in [0.25, 0.3) is 0 Å². The molecule has 0 aromatic heterocycles. The minimum absolute atomic E-state index is 0.157. The quantitative estimate of drug-likeness (QED) is 0.365. The molecule has 10 heteroatoms. The van der Waals surface area contributed by atoms with Gasteiger partial charge >= 0.3 is 12.4 Å². The van der Waals surface area contributed by atoms with Crippen molar-refractivity contribution in [2.75, 3.05) is 26.2 Å². The second-order valence-electron chi connectivity index (χ2n) is 11.6. The average Bonchev–Trinajstić information content (AvgIpc) is 3.46. The third kappa shape index (κ3) is 4.84. The Morgan fingerprint density at radius 3 is 1.45 bits per heavy atom. The van der Waals surface area contributed by atoms with Crippen molar-refractivity contribution in [2.45, 2.75) is 88.4 Å². The Kier molecular flexibility index (Phi) is 7.00. The number of benzene rings is 2. The number of hydrogen-bond donors (Lipinski definition) is 0. The maximum Gasteiger partial charge on any atom is 0.416 e. The summed E-state index contributed by atoms with van der Waals surface area (Å²) in [5.41, 5.74) is 0.358. The fourth-order valence-electron chi connectivity index (χ4n) is 7.24. The zero-order chi connectivity index (χ0) is 28.3. The van der Waals surface area contributed by atoms with Crippen LogP contribution < -0.4 is 0 Å². The third-order valence-electron chi connectivity index (χ3n) is 9.47. The van der Waals surface area contributed by atoms with Gasteiger partial charge in [0.2, 0.25) is 0 Å². The molecule has 0 radical (unpaired) electrons. The molecule has 4 aliphatic rings. The number of alkyl halides is 6. The highest BCUT2D eigenvalue weighted by atomic mass is 19.4. The normalized spacial score (nSPS) is 22.8. The topological polar surface area (TPSA) is 24.9 Å². The molecular formula is C30H34F6N2O2. The lowest BCUT2D eigenvalue weighted by molar-refractivity contribution is -0.138.